The number of aromatic nitrogens is 2. The summed E-state index contributed by atoms with van der Waals surface area (Å²) in [5.41, 5.74) is 1.27. The SMILES string of the molecule is Cc1cncc(C)[n+]1[O-]. The first-order valence-electron chi connectivity index (χ1n) is 2.72. The van der Waals surface area contributed by atoms with Crippen molar-refractivity contribution in [1.29, 1.82) is 0 Å². The van der Waals surface area contributed by atoms with Crippen molar-refractivity contribution in [3.63, 3.8) is 0 Å². The summed E-state index contributed by atoms with van der Waals surface area (Å²) >= 11 is 0. The molecule has 0 saturated heterocycles. The van der Waals surface area contributed by atoms with Gasteiger partial charge in [0.1, 0.15) is 0 Å². The van der Waals surface area contributed by atoms with Crippen molar-refractivity contribution in [3.05, 3.63) is 29.0 Å². The van der Waals surface area contributed by atoms with Crippen molar-refractivity contribution in [3.8, 4) is 0 Å². The second kappa shape index (κ2) is 2.01. The molecule has 0 aromatic carbocycles. The molecule has 0 aliphatic carbocycles. The van der Waals surface area contributed by atoms with Gasteiger partial charge in [-0.15, -0.1) is 0 Å². The van der Waals surface area contributed by atoms with Crippen molar-refractivity contribution >= 4 is 0 Å². The van der Waals surface area contributed by atoms with Gasteiger partial charge in [-0.3, -0.25) is 4.98 Å². The largest absolute Gasteiger partial charge is 0.618 e. The molecule has 0 bridgehead atoms. The number of hydrogen-bond acceptors (Lipinski definition) is 2. The van der Waals surface area contributed by atoms with Gasteiger partial charge in [0.2, 0.25) is 11.4 Å². The van der Waals surface area contributed by atoms with Gasteiger partial charge in [0.25, 0.3) is 0 Å². The predicted molar refractivity (Wildman–Crippen MR) is 32.7 cm³/mol. The summed E-state index contributed by atoms with van der Waals surface area (Å²) in [7, 11) is 0. The average molecular weight is 124 g/mol. The van der Waals surface area contributed by atoms with Gasteiger partial charge in [-0.2, -0.15) is 4.73 Å². The normalized spacial score (nSPS) is 9.56. The molecule has 0 unspecified atom stereocenters. The number of aryl methyl sites for hydroxylation is 2. The van der Waals surface area contributed by atoms with Crippen LogP contribution in [-0.2, 0) is 0 Å². The smallest absolute Gasteiger partial charge is 0.208 e. The quantitative estimate of drug-likeness (QED) is 0.369. The van der Waals surface area contributed by atoms with E-state index in [2.05, 4.69) is 4.98 Å². The molecule has 0 aliphatic rings. The Morgan fingerprint density at radius 2 is 1.78 bits per heavy atom. The Balaban J connectivity index is 3.25. The lowest BCUT2D eigenvalue weighted by atomic mass is 10.4. The molecule has 0 spiro atoms. The van der Waals surface area contributed by atoms with E-state index in [1.807, 2.05) is 0 Å². The minimum absolute atomic E-state index is 0.634. The van der Waals surface area contributed by atoms with E-state index in [0.717, 1.165) is 4.73 Å². The molecule has 0 fully saturated rings. The fourth-order valence-corrected chi connectivity index (χ4v) is 0.636. The van der Waals surface area contributed by atoms with Crippen LogP contribution in [-0.4, -0.2) is 4.98 Å². The standard InChI is InChI=1S/C6H8N2O/c1-5-3-7-4-6(2)8(5)9/h3-4H,1-2H3. The molecular weight excluding hydrogens is 116 g/mol. The molecule has 0 aliphatic heterocycles. The Hall–Kier alpha value is -1.12. The van der Waals surface area contributed by atoms with Crippen LogP contribution >= 0.6 is 0 Å². The van der Waals surface area contributed by atoms with Crippen LogP contribution in [0.1, 0.15) is 11.4 Å². The maximum absolute atomic E-state index is 10.8. The third-order valence-corrected chi connectivity index (χ3v) is 1.16. The first-order chi connectivity index (χ1) is 4.22. The third-order valence-electron chi connectivity index (χ3n) is 1.16. The van der Waals surface area contributed by atoms with Crippen LogP contribution < -0.4 is 4.73 Å². The summed E-state index contributed by atoms with van der Waals surface area (Å²) in [6.45, 7) is 3.46. The van der Waals surface area contributed by atoms with E-state index in [1.165, 1.54) is 0 Å². The predicted octanol–water partition coefficient (Wildman–Crippen LogP) is 0.332. The van der Waals surface area contributed by atoms with Gasteiger partial charge in [0, 0.05) is 13.8 Å². The van der Waals surface area contributed by atoms with Gasteiger partial charge in [0.05, 0.1) is 12.4 Å². The molecule has 1 aromatic rings. The van der Waals surface area contributed by atoms with Crippen LogP contribution in [0, 0.1) is 19.1 Å². The zero-order chi connectivity index (χ0) is 6.85. The molecule has 1 rings (SSSR count). The van der Waals surface area contributed by atoms with Gasteiger partial charge in [-0.05, 0) is 0 Å². The van der Waals surface area contributed by atoms with Crippen LogP contribution in [0.4, 0.5) is 0 Å². The zero-order valence-corrected chi connectivity index (χ0v) is 5.46. The van der Waals surface area contributed by atoms with E-state index >= 15 is 0 Å². The van der Waals surface area contributed by atoms with Crippen molar-refractivity contribution in [2.24, 2.45) is 0 Å². The highest BCUT2D eigenvalue weighted by molar-refractivity contribution is 4.89. The van der Waals surface area contributed by atoms with E-state index in [9.17, 15) is 5.21 Å². The van der Waals surface area contributed by atoms with Crippen molar-refractivity contribution < 1.29 is 4.73 Å². The lowest BCUT2D eigenvalue weighted by Gasteiger charge is -2.00. The zero-order valence-electron chi connectivity index (χ0n) is 5.46. The maximum Gasteiger partial charge on any atom is 0.208 e. The molecule has 48 valence electrons. The highest BCUT2D eigenvalue weighted by Gasteiger charge is 1.99. The molecule has 0 radical (unpaired) electrons. The van der Waals surface area contributed by atoms with E-state index in [1.54, 1.807) is 26.2 Å². The Bertz CT molecular complexity index is 202. The Morgan fingerprint density at radius 3 is 2.11 bits per heavy atom. The average Bonchev–Trinajstić information content (AvgIpc) is 1.83. The molecule has 0 atom stereocenters. The first kappa shape index (κ1) is 6.01. The summed E-state index contributed by atoms with van der Waals surface area (Å²) in [6, 6.07) is 0. The number of hydrogen-bond donors (Lipinski definition) is 0. The minimum Gasteiger partial charge on any atom is -0.618 e. The Morgan fingerprint density at radius 1 is 1.33 bits per heavy atom. The van der Waals surface area contributed by atoms with Gasteiger partial charge < -0.3 is 5.21 Å². The maximum atomic E-state index is 10.8. The Labute approximate surface area is 53.6 Å². The Kier molecular flexibility index (Phi) is 1.34. The number of rotatable bonds is 0. The third kappa shape index (κ3) is 0.988. The summed E-state index contributed by atoms with van der Waals surface area (Å²) < 4.78 is 0.854. The van der Waals surface area contributed by atoms with E-state index < -0.39 is 0 Å². The lowest BCUT2D eigenvalue weighted by molar-refractivity contribution is -0.619. The lowest BCUT2D eigenvalue weighted by Crippen LogP contribution is -2.33. The summed E-state index contributed by atoms with van der Waals surface area (Å²) in [5, 5.41) is 10.8. The second-order valence-electron chi connectivity index (χ2n) is 1.98. The van der Waals surface area contributed by atoms with Gasteiger partial charge in [-0.1, -0.05) is 0 Å². The topological polar surface area (TPSA) is 39.8 Å². The van der Waals surface area contributed by atoms with Gasteiger partial charge >= 0.3 is 0 Å². The van der Waals surface area contributed by atoms with Gasteiger partial charge in [0.15, 0.2) is 0 Å². The fraction of sp³-hybridized carbons (Fsp3) is 0.333. The van der Waals surface area contributed by atoms with Crippen LogP contribution in [0.2, 0.25) is 0 Å². The molecule has 3 nitrogen and oxygen atoms in total. The van der Waals surface area contributed by atoms with Crippen LogP contribution in [0.25, 0.3) is 0 Å². The van der Waals surface area contributed by atoms with Crippen molar-refractivity contribution in [2.75, 3.05) is 0 Å². The van der Waals surface area contributed by atoms with E-state index in [-0.39, 0.29) is 0 Å². The molecule has 3 heteroatoms. The summed E-state index contributed by atoms with van der Waals surface area (Å²) in [5.74, 6) is 0. The van der Waals surface area contributed by atoms with Crippen LogP contribution in [0.3, 0.4) is 0 Å². The molecule has 1 aromatic heterocycles. The highest BCUT2D eigenvalue weighted by atomic mass is 16.5. The van der Waals surface area contributed by atoms with Crippen LogP contribution in [0.5, 0.6) is 0 Å². The van der Waals surface area contributed by atoms with E-state index in [4.69, 9.17) is 0 Å². The second-order valence-corrected chi connectivity index (χ2v) is 1.98. The molecule has 0 amide bonds. The molecule has 9 heavy (non-hydrogen) atoms. The minimum atomic E-state index is 0.634. The summed E-state index contributed by atoms with van der Waals surface area (Å²) in [4.78, 5) is 3.82. The van der Waals surface area contributed by atoms with Crippen molar-refractivity contribution in [2.45, 2.75) is 13.8 Å². The fourth-order valence-electron chi connectivity index (χ4n) is 0.636. The van der Waals surface area contributed by atoms with E-state index in [0.29, 0.717) is 11.4 Å². The highest BCUT2D eigenvalue weighted by Crippen LogP contribution is 1.86. The molecular formula is C6H8N2O. The molecule has 1 heterocycles. The van der Waals surface area contributed by atoms with Crippen LogP contribution in [0.15, 0.2) is 12.4 Å². The molecule has 0 N–H and O–H groups in total. The monoisotopic (exact) mass is 124 g/mol. The van der Waals surface area contributed by atoms with Gasteiger partial charge in [-0.25, -0.2) is 0 Å². The number of nitrogens with zero attached hydrogens (tertiary/aromatic N) is 2. The first-order valence-corrected chi connectivity index (χ1v) is 2.72. The molecule has 0 saturated carbocycles. The summed E-state index contributed by atoms with van der Waals surface area (Å²) in [6.07, 6.45) is 3.08. The van der Waals surface area contributed by atoms with Crippen molar-refractivity contribution in [1.82, 2.24) is 4.98 Å².